The molecule has 0 unspecified atom stereocenters. The molecule has 0 aliphatic heterocycles. The first-order valence-corrected chi connectivity index (χ1v) is 6.37. The second-order valence-corrected chi connectivity index (χ2v) is 4.80. The van der Waals surface area contributed by atoms with Crippen LogP contribution in [0.5, 0.6) is 0 Å². The van der Waals surface area contributed by atoms with Gasteiger partial charge in [0.2, 0.25) is 0 Å². The Morgan fingerprint density at radius 1 is 1.42 bits per heavy atom. The number of hydrogen-bond acceptors (Lipinski definition) is 3. The van der Waals surface area contributed by atoms with Gasteiger partial charge >= 0.3 is 0 Å². The van der Waals surface area contributed by atoms with Crippen LogP contribution in [0.4, 0.5) is 11.5 Å². The minimum Gasteiger partial charge on any atom is -0.367 e. The van der Waals surface area contributed by atoms with Gasteiger partial charge in [-0.05, 0) is 31.0 Å². The molecule has 2 heterocycles. The van der Waals surface area contributed by atoms with Gasteiger partial charge in [0.15, 0.2) is 0 Å². The smallest absolute Gasteiger partial charge is 0.257 e. The molecule has 0 radical (unpaired) electrons. The van der Waals surface area contributed by atoms with Gasteiger partial charge in [0, 0.05) is 25.5 Å². The van der Waals surface area contributed by atoms with Crippen molar-refractivity contribution in [2.24, 2.45) is 0 Å². The zero-order valence-corrected chi connectivity index (χ0v) is 10.8. The maximum Gasteiger partial charge on any atom is 0.257 e. The Balaban J connectivity index is 1.67. The van der Waals surface area contributed by atoms with Gasteiger partial charge < -0.3 is 15.2 Å². The predicted molar refractivity (Wildman–Crippen MR) is 74.4 cm³/mol. The number of anilines is 2. The molecule has 1 aliphatic carbocycles. The fourth-order valence-electron chi connectivity index (χ4n) is 1.99. The molecule has 5 nitrogen and oxygen atoms in total. The predicted octanol–water partition coefficient (Wildman–Crippen LogP) is 2.26. The van der Waals surface area contributed by atoms with Gasteiger partial charge in [0.25, 0.3) is 5.91 Å². The normalized spacial score (nSPS) is 14.2. The number of nitrogens with one attached hydrogen (secondary N) is 2. The minimum atomic E-state index is -0.133. The van der Waals surface area contributed by atoms with Crippen molar-refractivity contribution < 1.29 is 4.79 Å². The quantitative estimate of drug-likeness (QED) is 0.882. The monoisotopic (exact) mass is 256 g/mol. The number of aromatic nitrogens is 2. The molecule has 2 aromatic rings. The maximum atomic E-state index is 11.8. The standard InChI is InChI=1S/C14H16N4O/c1-18(12-3-4-12)13-5-2-11(9-16-13)17-14(19)10-6-7-15-8-10/h2,5-9,12,15H,3-4H2,1H3,(H,17,19). The summed E-state index contributed by atoms with van der Waals surface area (Å²) in [5, 5.41) is 2.82. The van der Waals surface area contributed by atoms with Crippen molar-refractivity contribution in [3.8, 4) is 0 Å². The molecule has 1 saturated carbocycles. The highest BCUT2D eigenvalue weighted by molar-refractivity contribution is 6.04. The average Bonchev–Trinajstić information content (AvgIpc) is 3.13. The molecular formula is C14H16N4O. The Bertz CT molecular complexity index is 558. The van der Waals surface area contributed by atoms with E-state index in [0.717, 1.165) is 5.82 Å². The summed E-state index contributed by atoms with van der Waals surface area (Å²) in [7, 11) is 2.05. The van der Waals surface area contributed by atoms with E-state index < -0.39 is 0 Å². The third-order valence-corrected chi connectivity index (χ3v) is 3.32. The van der Waals surface area contributed by atoms with Crippen molar-refractivity contribution in [1.82, 2.24) is 9.97 Å². The van der Waals surface area contributed by atoms with Gasteiger partial charge in [-0.2, -0.15) is 0 Å². The second kappa shape index (κ2) is 4.76. The lowest BCUT2D eigenvalue weighted by molar-refractivity contribution is 0.102. The summed E-state index contributed by atoms with van der Waals surface area (Å²) in [4.78, 5) is 21.3. The minimum absolute atomic E-state index is 0.133. The second-order valence-electron chi connectivity index (χ2n) is 4.80. The number of pyridine rings is 1. The van der Waals surface area contributed by atoms with Crippen molar-refractivity contribution in [1.29, 1.82) is 0 Å². The molecule has 0 bridgehead atoms. The van der Waals surface area contributed by atoms with Crippen LogP contribution in [0.2, 0.25) is 0 Å². The van der Waals surface area contributed by atoms with Crippen molar-refractivity contribution in [3.63, 3.8) is 0 Å². The first kappa shape index (κ1) is 11.8. The van der Waals surface area contributed by atoms with E-state index in [1.54, 1.807) is 24.7 Å². The van der Waals surface area contributed by atoms with Crippen LogP contribution in [0.25, 0.3) is 0 Å². The number of amides is 1. The Morgan fingerprint density at radius 2 is 2.26 bits per heavy atom. The lowest BCUT2D eigenvalue weighted by atomic mass is 10.3. The summed E-state index contributed by atoms with van der Waals surface area (Å²) in [6.07, 6.45) is 7.56. The zero-order chi connectivity index (χ0) is 13.2. The largest absolute Gasteiger partial charge is 0.367 e. The van der Waals surface area contributed by atoms with Crippen LogP contribution in [0, 0.1) is 0 Å². The molecule has 0 saturated heterocycles. The molecule has 1 fully saturated rings. The van der Waals surface area contributed by atoms with E-state index in [-0.39, 0.29) is 5.91 Å². The van der Waals surface area contributed by atoms with E-state index in [9.17, 15) is 4.79 Å². The first-order chi connectivity index (χ1) is 9.24. The topological polar surface area (TPSA) is 61.0 Å². The van der Waals surface area contributed by atoms with Crippen molar-refractivity contribution in [3.05, 3.63) is 42.4 Å². The average molecular weight is 256 g/mol. The number of aromatic amines is 1. The van der Waals surface area contributed by atoms with E-state index in [1.165, 1.54) is 12.8 Å². The molecule has 0 aromatic carbocycles. The molecule has 3 rings (SSSR count). The van der Waals surface area contributed by atoms with Crippen LogP contribution in [0.3, 0.4) is 0 Å². The summed E-state index contributed by atoms with van der Waals surface area (Å²) < 4.78 is 0. The molecule has 0 spiro atoms. The summed E-state index contributed by atoms with van der Waals surface area (Å²) in [5.41, 5.74) is 1.32. The molecule has 5 heteroatoms. The zero-order valence-electron chi connectivity index (χ0n) is 10.8. The Kier molecular flexibility index (Phi) is 2.95. The van der Waals surface area contributed by atoms with Gasteiger partial charge in [-0.15, -0.1) is 0 Å². The molecule has 98 valence electrons. The number of rotatable bonds is 4. The van der Waals surface area contributed by atoms with Crippen molar-refractivity contribution in [2.75, 3.05) is 17.3 Å². The number of nitrogens with zero attached hydrogens (tertiary/aromatic N) is 2. The summed E-state index contributed by atoms with van der Waals surface area (Å²) in [6, 6.07) is 6.18. The van der Waals surface area contributed by atoms with Crippen molar-refractivity contribution >= 4 is 17.4 Å². The third-order valence-electron chi connectivity index (χ3n) is 3.32. The van der Waals surface area contributed by atoms with Gasteiger partial charge in [-0.3, -0.25) is 4.79 Å². The molecular weight excluding hydrogens is 240 g/mol. The van der Waals surface area contributed by atoms with Gasteiger partial charge in [-0.25, -0.2) is 4.98 Å². The highest BCUT2D eigenvalue weighted by Crippen LogP contribution is 2.29. The van der Waals surface area contributed by atoms with Gasteiger partial charge in [0.05, 0.1) is 17.4 Å². The van der Waals surface area contributed by atoms with E-state index in [4.69, 9.17) is 0 Å². The fraction of sp³-hybridized carbons (Fsp3) is 0.286. The first-order valence-electron chi connectivity index (χ1n) is 6.37. The van der Waals surface area contributed by atoms with Crippen LogP contribution < -0.4 is 10.2 Å². The van der Waals surface area contributed by atoms with E-state index in [2.05, 4.69) is 27.2 Å². The number of carbonyl (C=O) groups is 1. The van der Waals surface area contributed by atoms with Gasteiger partial charge in [-0.1, -0.05) is 0 Å². The van der Waals surface area contributed by atoms with Crippen LogP contribution in [-0.4, -0.2) is 29.0 Å². The van der Waals surface area contributed by atoms with Crippen LogP contribution in [0.15, 0.2) is 36.8 Å². The summed E-state index contributed by atoms with van der Waals surface area (Å²) in [6.45, 7) is 0. The Hall–Kier alpha value is -2.30. The van der Waals surface area contributed by atoms with E-state index >= 15 is 0 Å². The third kappa shape index (κ3) is 2.59. The highest BCUT2D eigenvalue weighted by atomic mass is 16.1. The lowest BCUT2D eigenvalue weighted by Gasteiger charge is -2.17. The van der Waals surface area contributed by atoms with Crippen LogP contribution in [0.1, 0.15) is 23.2 Å². The molecule has 0 atom stereocenters. The molecule has 19 heavy (non-hydrogen) atoms. The maximum absolute atomic E-state index is 11.8. The Morgan fingerprint density at radius 3 is 2.84 bits per heavy atom. The van der Waals surface area contributed by atoms with Crippen LogP contribution >= 0.6 is 0 Å². The lowest BCUT2D eigenvalue weighted by Crippen LogP contribution is -2.20. The highest BCUT2D eigenvalue weighted by Gasteiger charge is 2.26. The van der Waals surface area contributed by atoms with Crippen molar-refractivity contribution in [2.45, 2.75) is 18.9 Å². The molecule has 2 N–H and O–H groups in total. The fourth-order valence-corrected chi connectivity index (χ4v) is 1.99. The Labute approximate surface area is 111 Å². The molecule has 2 aromatic heterocycles. The SMILES string of the molecule is CN(c1ccc(NC(=O)c2cc[nH]c2)cn1)C1CC1. The van der Waals surface area contributed by atoms with E-state index in [0.29, 0.717) is 17.3 Å². The number of H-pyrrole nitrogens is 1. The molecule has 1 aliphatic rings. The summed E-state index contributed by atoms with van der Waals surface area (Å²) in [5.74, 6) is 0.813. The summed E-state index contributed by atoms with van der Waals surface area (Å²) >= 11 is 0. The number of hydrogen-bond donors (Lipinski definition) is 2. The van der Waals surface area contributed by atoms with Gasteiger partial charge in [0.1, 0.15) is 5.82 Å². The number of carbonyl (C=O) groups excluding carboxylic acids is 1. The molecule has 1 amide bonds. The van der Waals surface area contributed by atoms with Crippen LogP contribution in [-0.2, 0) is 0 Å². The van der Waals surface area contributed by atoms with E-state index in [1.807, 2.05) is 12.1 Å².